The van der Waals surface area contributed by atoms with Crippen LogP contribution >= 0.6 is 11.6 Å². The van der Waals surface area contributed by atoms with Gasteiger partial charge in [0.2, 0.25) is 0 Å². The van der Waals surface area contributed by atoms with Crippen LogP contribution in [0.1, 0.15) is 13.8 Å². The lowest BCUT2D eigenvalue weighted by Crippen LogP contribution is -2.28. The Morgan fingerprint density at radius 1 is 1.83 bits per heavy atom. The molecule has 5 heteroatoms. The summed E-state index contributed by atoms with van der Waals surface area (Å²) in [5.41, 5.74) is 0. The lowest BCUT2D eigenvalue weighted by molar-refractivity contribution is -0.148. The van der Waals surface area contributed by atoms with Gasteiger partial charge in [-0.1, -0.05) is 16.8 Å². The highest BCUT2D eigenvalue weighted by Crippen LogP contribution is 2.21. The Kier molecular flexibility index (Phi) is 2.92. The number of rotatable bonds is 2. The van der Waals surface area contributed by atoms with Gasteiger partial charge < -0.3 is 9.57 Å². The minimum atomic E-state index is -0.549. The molecule has 0 spiro atoms. The van der Waals surface area contributed by atoms with Crippen LogP contribution < -0.4 is 0 Å². The molecule has 4 nitrogen and oxygen atoms in total. The van der Waals surface area contributed by atoms with E-state index in [9.17, 15) is 4.79 Å². The quantitative estimate of drug-likeness (QED) is 0.615. The first-order chi connectivity index (χ1) is 5.66. The smallest absolute Gasteiger partial charge is 0.320 e. The van der Waals surface area contributed by atoms with Gasteiger partial charge in [0.1, 0.15) is 6.10 Å². The van der Waals surface area contributed by atoms with E-state index in [1.807, 2.05) is 0 Å². The van der Waals surface area contributed by atoms with Gasteiger partial charge in [-0.15, -0.1) is 0 Å². The van der Waals surface area contributed by atoms with Crippen molar-refractivity contribution < 1.29 is 14.4 Å². The highest BCUT2D eigenvalue weighted by molar-refractivity contribution is 6.67. The van der Waals surface area contributed by atoms with Crippen LogP contribution in [0, 0.1) is 5.92 Å². The molecule has 1 rings (SSSR count). The predicted octanol–water partition coefficient (Wildman–Crippen LogP) is 1.14. The Bertz CT molecular complexity index is 217. The number of ether oxygens (including phenoxy) is 1. The minimum Gasteiger partial charge on any atom is -0.465 e. The average Bonchev–Trinajstić information content (AvgIpc) is 2.32. The van der Waals surface area contributed by atoms with Crippen molar-refractivity contribution in [2.24, 2.45) is 11.1 Å². The van der Waals surface area contributed by atoms with E-state index >= 15 is 0 Å². The normalized spacial score (nSPS) is 27.8. The van der Waals surface area contributed by atoms with Crippen LogP contribution in [-0.4, -0.2) is 23.9 Å². The first-order valence-corrected chi connectivity index (χ1v) is 4.10. The van der Waals surface area contributed by atoms with Crippen LogP contribution in [0.4, 0.5) is 0 Å². The molecule has 1 aliphatic heterocycles. The van der Waals surface area contributed by atoms with Crippen LogP contribution in [0.5, 0.6) is 0 Å². The molecule has 1 aliphatic rings. The standard InChI is InChI=1S/C7H10ClNO3/c1-3-11-7(10)5-4(2)12-9-6(5)8/h4-5H,3H2,1-2H3/t4-,5-/m1/s1. The Hall–Kier alpha value is -0.770. The summed E-state index contributed by atoms with van der Waals surface area (Å²) in [5.74, 6) is -0.928. The fourth-order valence-corrected chi connectivity index (χ4v) is 1.27. The molecule has 0 N–H and O–H groups in total. The number of oxime groups is 1. The molecule has 0 fully saturated rings. The molecular weight excluding hydrogens is 182 g/mol. The van der Waals surface area contributed by atoms with E-state index in [4.69, 9.17) is 21.2 Å². The number of carbonyl (C=O) groups excluding carboxylic acids is 1. The molecule has 68 valence electrons. The molecule has 2 atom stereocenters. The topological polar surface area (TPSA) is 47.9 Å². The van der Waals surface area contributed by atoms with Gasteiger partial charge in [-0.25, -0.2) is 0 Å². The van der Waals surface area contributed by atoms with Crippen molar-refractivity contribution in [3.63, 3.8) is 0 Å². The van der Waals surface area contributed by atoms with Crippen LogP contribution in [0.15, 0.2) is 5.16 Å². The molecule has 0 unspecified atom stereocenters. The lowest BCUT2D eigenvalue weighted by Gasteiger charge is -2.10. The van der Waals surface area contributed by atoms with E-state index < -0.39 is 5.92 Å². The lowest BCUT2D eigenvalue weighted by atomic mass is 10.1. The Morgan fingerprint density at radius 3 is 2.92 bits per heavy atom. The van der Waals surface area contributed by atoms with E-state index in [0.29, 0.717) is 6.61 Å². The van der Waals surface area contributed by atoms with Gasteiger partial charge in [0.15, 0.2) is 11.1 Å². The van der Waals surface area contributed by atoms with Crippen LogP contribution in [0.3, 0.4) is 0 Å². The van der Waals surface area contributed by atoms with Crippen molar-refractivity contribution in [2.75, 3.05) is 6.61 Å². The van der Waals surface area contributed by atoms with Gasteiger partial charge in [-0.2, -0.15) is 0 Å². The SMILES string of the molecule is CCOC(=O)[C@H]1C(Cl)=NO[C@@H]1C. The number of hydrogen-bond acceptors (Lipinski definition) is 4. The van der Waals surface area contributed by atoms with E-state index in [0.717, 1.165) is 0 Å². The first-order valence-electron chi connectivity index (χ1n) is 3.72. The van der Waals surface area contributed by atoms with Gasteiger partial charge in [-0.05, 0) is 13.8 Å². The van der Waals surface area contributed by atoms with Crippen molar-refractivity contribution >= 4 is 22.7 Å². The average molecular weight is 192 g/mol. The van der Waals surface area contributed by atoms with E-state index in [-0.39, 0.29) is 17.2 Å². The largest absolute Gasteiger partial charge is 0.465 e. The minimum absolute atomic E-state index is 0.168. The predicted molar refractivity (Wildman–Crippen MR) is 44.0 cm³/mol. The number of halogens is 1. The second-order valence-corrected chi connectivity index (χ2v) is 2.84. The van der Waals surface area contributed by atoms with Gasteiger partial charge in [0.25, 0.3) is 0 Å². The maximum absolute atomic E-state index is 11.2. The van der Waals surface area contributed by atoms with E-state index in [1.54, 1.807) is 13.8 Å². The third-order valence-corrected chi connectivity index (χ3v) is 1.88. The Morgan fingerprint density at radius 2 is 2.50 bits per heavy atom. The maximum atomic E-state index is 11.2. The van der Waals surface area contributed by atoms with Crippen LogP contribution in [-0.2, 0) is 14.4 Å². The second kappa shape index (κ2) is 3.76. The maximum Gasteiger partial charge on any atom is 0.320 e. The molecule has 0 radical (unpaired) electrons. The first kappa shape index (κ1) is 9.32. The molecule has 0 aliphatic carbocycles. The monoisotopic (exact) mass is 191 g/mol. The van der Waals surface area contributed by atoms with Crippen molar-refractivity contribution in [3.8, 4) is 0 Å². The summed E-state index contributed by atoms with van der Waals surface area (Å²) in [4.78, 5) is 16.0. The Labute approximate surface area is 75.5 Å². The van der Waals surface area contributed by atoms with Gasteiger partial charge in [-0.3, -0.25) is 4.79 Å². The van der Waals surface area contributed by atoms with Gasteiger partial charge >= 0.3 is 5.97 Å². The summed E-state index contributed by atoms with van der Waals surface area (Å²) >= 11 is 5.63. The summed E-state index contributed by atoms with van der Waals surface area (Å²) in [7, 11) is 0. The van der Waals surface area contributed by atoms with E-state index in [1.165, 1.54) is 0 Å². The van der Waals surface area contributed by atoms with Crippen molar-refractivity contribution in [3.05, 3.63) is 0 Å². The van der Waals surface area contributed by atoms with Crippen LogP contribution in [0.2, 0.25) is 0 Å². The van der Waals surface area contributed by atoms with Crippen molar-refractivity contribution in [1.82, 2.24) is 0 Å². The second-order valence-electron chi connectivity index (χ2n) is 2.45. The summed E-state index contributed by atoms with van der Waals surface area (Å²) in [5, 5.41) is 3.65. The van der Waals surface area contributed by atoms with Crippen molar-refractivity contribution in [1.29, 1.82) is 0 Å². The molecular formula is C7H10ClNO3. The molecule has 0 aromatic carbocycles. The van der Waals surface area contributed by atoms with Gasteiger partial charge in [0.05, 0.1) is 6.61 Å². The molecule has 0 saturated carbocycles. The zero-order valence-corrected chi connectivity index (χ0v) is 7.67. The molecule has 0 saturated heterocycles. The molecule has 0 amide bonds. The molecule has 1 heterocycles. The number of hydrogen-bond donors (Lipinski definition) is 0. The van der Waals surface area contributed by atoms with Crippen molar-refractivity contribution in [2.45, 2.75) is 20.0 Å². The zero-order chi connectivity index (χ0) is 9.14. The fourth-order valence-electron chi connectivity index (χ4n) is 0.966. The summed E-state index contributed by atoms with van der Waals surface area (Å²) in [6.45, 7) is 3.80. The molecule has 12 heavy (non-hydrogen) atoms. The highest BCUT2D eigenvalue weighted by atomic mass is 35.5. The third kappa shape index (κ3) is 1.69. The molecule has 0 bridgehead atoms. The number of esters is 1. The highest BCUT2D eigenvalue weighted by Gasteiger charge is 2.37. The van der Waals surface area contributed by atoms with E-state index in [2.05, 4.69) is 5.16 Å². The zero-order valence-electron chi connectivity index (χ0n) is 6.91. The third-order valence-electron chi connectivity index (χ3n) is 1.57. The number of nitrogens with zero attached hydrogens (tertiary/aromatic N) is 1. The molecule has 0 aromatic heterocycles. The summed E-state index contributed by atoms with van der Waals surface area (Å²) in [6, 6.07) is 0. The fraction of sp³-hybridized carbons (Fsp3) is 0.714. The van der Waals surface area contributed by atoms with Gasteiger partial charge in [0, 0.05) is 0 Å². The number of carbonyl (C=O) groups is 1. The summed E-state index contributed by atoms with van der Waals surface area (Å²) < 4.78 is 4.78. The Balaban J connectivity index is 2.61. The summed E-state index contributed by atoms with van der Waals surface area (Å²) in [6.07, 6.45) is -0.323. The van der Waals surface area contributed by atoms with Crippen LogP contribution in [0.25, 0.3) is 0 Å². The molecule has 0 aromatic rings.